The Hall–Kier alpha value is -2.89. The quantitative estimate of drug-likeness (QED) is 0.571. The molecule has 6 nitrogen and oxygen atoms in total. The van der Waals surface area contributed by atoms with Gasteiger partial charge in [-0.1, -0.05) is 36.4 Å². The number of rotatable bonds is 7. The highest BCUT2D eigenvalue weighted by atomic mass is 16.2. The third-order valence-corrected chi connectivity index (χ3v) is 5.13. The Morgan fingerprint density at radius 2 is 2.04 bits per heavy atom. The van der Waals surface area contributed by atoms with Crippen molar-refractivity contribution < 1.29 is 4.79 Å². The maximum absolute atomic E-state index is 12.3. The molecule has 148 valence electrons. The molecule has 1 fully saturated rings. The third kappa shape index (κ3) is 5.55. The van der Waals surface area contributed by atoms with Crippen LogP contribution in [0.4, 0.5) is 0 Å². The highest BCUT2D eigenvalue weighted by Crippen LogP contribution is 2.17. The van der Waals surface area contributed by atoms with Crippen molar-refractivity contribution in [3.8, 4) is 0 Å². The van der Waals surface area contributed by atoms with E-state index < -0.39 is 0 Å². The molecule has 6 heteroatoms. The van der Waals surface area contributed by atoms with Gasteiger partial charge in [-0.15, -0.1) is 0 Å². The Bertz CT molecular complexity index is 806. The number of aliphatic imine (C=N–C) groups is 1. The molecule has 2 heterocycles. The van der Waals surface area contributed by atoms with Crippen molar-refractivity contribution in [1.29, 1.82) is 0 Å². The molecule has 0 saturated carbocycles. The first kappa shape index (κ1) is 19.9. The van der Waals surface area contributed by atoms with Gasteiger partial charge in [-0.3, -0.25) is 14.8 Å². The SMILES string of the molecule is CN=C(NCc1ncccc1C)NCC1CC(=O)N(CCc2ccccc2)C1. The number of carbonyl (C=O) groups is 1. The van der Waals surface area contributed by atoms with Crippen LogP contribution in [0.5, 0.6) is 0 Å². The van der Waals surface area contributed by atoms with Gasteiger partial charge in [0, 0.05) is 45.2 Å². The van der Waals surface area contributed by atoms with Gasteiger partial charge >= 0.3 is 0 Å². The van der Waals surface area contributed by atoms with Gasteiger partial charge in [0.15, 0.2) is 5.96 Å². The predicted molar refractivity (Wildman–Crippen MR) is 112 cm³/mol. The lowest BCUT2D eigenvalue weighted by atomic mass is 10.1. The van der Waals surface area contributed by atoms with E-state index in [0.29, 0.717) is 18.9 Å². The number of guanidine groups is 1. The van der Waals surface area contributed by atoms with Gasteiger partial charge in [-0.25, -0.2) is 0 Å². The number of carbonyl (C=O) groups excluding carboxylic acids is 1. The fraction of sp³-hybridized carbons (Fsp3) is 0.409. The van der Waals surface area contributed by atoms with Crippen molar-refractivity contribution in [3.05, 3.63) is 65.5 Å². The zero-order chi connectivity index (χ0) is 19.8. The minimum Gasteiger partial charge on any atom is -0.356 e. The molecule has 1 atom stereocenters. The number of aryl methyl sites for hydroxylation is 1. The molecule has 3 rings (SSSR count). The number of hydrogen-bond acceptors (Lipinski definition) is 3. The summed E-state index contributed by atoms with van der Waals surface area (Å²) in [5, 5.41) is 6.65. The standard InChI is InChI=1S/C22H29N5O/c1-17-7-6-11-24-20(17)15-26-22(23-2)25-14-19-13-21(28)27(16-19)12-10-18-8-4-3-5-9-18/h3-9,11,19H,10,12-16H2,1-2H3,(H2,23,25,26). The second kappa shape index (κ2) is 9.88. The van der Waals surface area contributed by atoms with Gasteiger partial charge in [-0.05, 0) is 30.5 Å². The number of hydrogen-bond donors (Lipinski definition) is 2. The van der Waals surface area contributed by atoms with Crippen LogP contribution in [0.15, 0.2) is 53.7 Å². The summed E-state index contributed by atoms with van der Waals surface area (Å²) in [5.41, 5.74) is 3.43. The topological polar surface area (TPSA) is 69.6 Å². The Labute approximate surface area is 167 Å². The molecular formula is C22H29N5O. The molecule has 1 amide bonds. The molecule has 1 aromatic heterocycles. The van der Waals surface area contributed by atoms with Gasteiger partial charge in [0.2, 0.25) is 5.91 Å². The molecule has 1 saturated heterocycles. The highest BCUT2D eigenvalue weighted by molar-refractivity contribution is 5.80. The second-order valence-corrected chi connectivity index (χ2v) is 7.22. The largest absolute Gasteiger partial charge is 0.356 e. The predicted octanol–water partition coefficient (Wildman–Crippen LogP) is 2.15. The van der Waals surface area contributed by atoms with E-state index in [2.05, 4.69) is 32.7 Å². The van der Waals surface area contributed by atoms with Crippen molar-refractivity contribution in [1.82, 2.24) is 20.5 Å². The Morgan fingerprint density at radius 1 is 1.21 bits per heavy atom. The number of nitrogens with zero attached hydrogens (tertiary/aromatic N) is 3. The van der Waals surface area contributed by atoms with Crippen molar-refractivity contribution in [2.75, 3.05) is 26.7 Å². The van der Waals surface area contributed by atoms with Crippen LogP contribution in [-0.2, 0) is 17.8 Å². The fourth-order valence-electron chi connectivity index (χ4n) is 3.45. The minimum absolute atomic E-state index is 0.245. The molecule has 0 aliphatic carbocycles. The van der Waals surface area contributed by atoms with Crippen LogP contribution in [0, 0.1) is 12.8 Å². The maximum Gasteiger partial charge on any atom is 0.223 e. The highest BCUT2D eigenvalue weighted by Gasteiger charge is 2.29. The first-order valence-corrected chi connectivity index (χ1v) is 9.82. The van der Waals surface area contributed by atoms with E-state index in [0.717, 1.165) is 43.3 Å². The van der Waals surface area contributed by atoms with Crippen LogP contribution in [0.25, 0.3) is 0 Å². The van der Waals surface area contributed by atoms with Crippen LogP contribution in [-0.4, -0.2) is 48.4 Å². The number of pyridine rings is 1. The summed E-state index contributed by atoms with van der Waals surface area (Å²) in [5.74, 6) is 1.29. The Balaban J connectivity index is 1.42. The summed E-state index contributed by atoms with van der Waals surface area (Å²) in [6, 6.07) is 14.3. The van der Waals surface area contributed by atoms with E-state index in [4.69, 9.17) is 0 Å². The lowest BCUT2D eigenvalue weighted by Gasteiger charge is -2.18. The molecule has 0 spiro atoms. The number of aromatic nitrogens is 1. The first-order valence-electron chi connectivity index (χ1n) is 9.82. The summed E-state index contributed by atoms with van der Waals surface area (Å²) < 4.78 is 0. The molecular weight excluding hydrogens is 350 g/mol. The summed E-state index contributed by atoms with van der Waals surface area (Å²) in [6.45, 7) is 4.99. The van der Waals surface area contributed by atoms with E-state index in [1.165, 1.54) is 5.56 Å². The lowest BCUT2D eigenvalue weighted by molar-refractivity contribution is -0.127. The van der Waals surface area contributed by atoms with Gasteiger partial charge < -0.3 is 15.5 Å². The summed E-state index contributed by atoms with van der Waals surface area (Å²) in [7, 11) is 1.76. The number of likely N-dealkylation sites (tertiary alicyclic amines) is 1. The lowest BCUT2D eigenvalue weighted by Crippen LogP contribution is -2.40. The molecule has 1 unspecified atom stereocenters. The van der Waals surface area contributed by atoms with Crippen molar-refractivity contribution >= 4 is 11.9 Å². The molecule has 28 heavy (non-hydrogen) atoms. The van der Waals surface area contributed by atoms with E-state index in [9.17, 15) is 4.79 Å². The Morgan fingerprint density at radius 3 is 2.79 bits per heavy atom. The maximum atomic E-state index is 12.3. The average Bonchev–Trinajstić information content (AvgIpc) is 3.08. The number of benzene rings is 1. The van der Waals surface area contributed by atoms with Gasteiger partial charge in [0.05, 0.1) is 12.2 Å². The molecule has 2 N–H and O–H groups in total. The fourth-order valence-corrected chi connectivity index (χ4v) is 3.45. The molecule has 1 aromatic carbocycles. The van der Waals surface area contributed by atoms with Gasteiger partial charge in [-0.2, -0.15) is 0 Å². The normalized spacial score (nSPS) is 17.1. The minimum atomic E-state index is 0.245. The van der Waals surface area contributed by atoms with E-state index >= 15 is 0 Å². The third-order valence-electron chi connectivity index (χ3n) is 5.13. The molecule has 2 aromatic rings. The monoisotopic (exact) mass is 379 g/mol. The van der Waals surface area contributed by atoms with E-state index in [-0.39, 0.29) is 5.91 Å². The van der Waals surface area contributed by atoms with E-state index in [1.807, 2.05) is 42.2 Å². The van der Waals surface area contributed by atoms with Crippen molar-refractivity contribution in [2.45, 2.75) is 26.3 Å². The van der Waals surface area contributed by atoms with E-state index in [1.54, 1.807) is 13.2 Å². The van der Waals surface area contributed by atoms with Crippen LogP contribution >= 0.6 is 0 Å². The summed E-state index contributed by atoms with van der Waals surface area (Å²) in [4.78, 5) is 23.0. The van der Waals surface area contributed by atoms with Crippen LogP contribution in [0.3, 0.4) is 0 Å². The first-order chi connectivity index (χ1) is 13.7. The number of amides is 1. The van der Waals surface area contributed by atoms with Crippen LogP contribution in [0.2, 0.25) is 0 Å². The average molecular weight is 380 g/mol. The van der Waals surface area contributed by atoms with Gasteiger partial charge in [0.1, 0.15) is 0 Å². The summed E-state index contributed by atoms with van der Waals surface area (Å²) in [6.07, 6.45) is 3.30. The number of nitrogens with one attached hydrogen (secondary N) is 2. The van der Waals surface area contributed by atoms with Crippen LogP contribution < -0.4 is 10.6 Å². The van der Waals surface area contributed by atoms with Crippen molar-refractivity contribution in [3.63, 3.8) is 0 Å². The molecule has 0 radical (unpaired) electrons. The van der Waals surface area contributed by atoms with Crippen molar-refractivity contribution in [2.24, 2.45) is 10.9 Å². The smallest absolute Gasteiger partial charge is 0.223 e. The molecule has 1 aliphatic rings. The van der Waals surface area contributed by atoms with Gasteiger partial charge in [0.25, 0.3) is 0 Å². The summed E-state index contributed by atoms with van der Waals surface area (Å²) >= 11 is 0. The van der Waals surface area contributed by atoms with Crippen LogP contribution in [0.1, 0.15) is 23.2 Å². The molecule has 0 bridgehead atoms. The Kier molecular flexibility index (Phi) is 7.00. The second-order valence-electron chi connectivity index (χ2n) is 7.22. The zero-order valence-corrected chi connectivity index (χ0v) is 16.7. The zero-order valence-electron chi connectivity index (χ0n) is 16.7. The molecule has 1 aliphatic heterocycles.